The molecule has 0 fully saturated rings. The molecule has 1 aliphatic rings. The molecule has 0 radical (unpaired) electrons. The number of ether oxygens (including phenoxy) is 1. The van der Waals surface area contributed by atoms with Crippen LogP contribution in [-0.2, 0) is 13.5 Å². The van der Waals surface area contributed by atoms with Crippen molar-refractivity contribution in [2.24, 2.45) is 7.05 Å². The topological polar surface area (TPSA) is 76.4 Å². The summed E-state index contributed by atoms with van der Waals surface area (Å²) in [6.45, 7) is 2.41. The van der Waals surface area contributed by atoms with Gasteiger partial charge in [0.1, 0.15) is 22.9 Å². The van der Waals surface area contributed by atoms with Crippen LogP contribution < -0.4 is 10.1 Å². The molecule has 1 aliphatic heterocycles. The molecule has 6 nitrogen and oxygen atoms in total. The Bertz CT molecular complexity index is 1130. The molecule has 0 spiro atoms. The summed E-state index contributed by atoms with van der Waals surface area (Å²) in [6, 6.07) is 12.0. The van der Waals surface area contributed by atoms with Crippen LogP contribution in [0.4, 0.5) is 8.78 Å². The van der Waals surface area contributed by atoms with E-state index in [1.807, 2.05) is 37.3 Å². The third-order valence-corrected chi connectivity index (χ3v) is 5.50. The lowest BCUT2D eigenvalue weighted by molar-refractivity contribution is 0.0915. The Balaban J connectivity index is 1.63. The minimum absolute atomic E-state index is 0.0746. The second kappa shape index (κ2) is 8.37. The molecular weight excluding hydrogens is 404 g/mol. The van der Waals surface area contributed by atoms with Crippen molar-refractivity contribution in [1.82, 2.24) is 15.1 Å². The van der Waals surface area contributed by atoms with Crippen molar-refractivity contribution in [3.63, 3.8) is 0 Å². The molecule has 0 bridgehead atoms. The fraction of sp³-hybridized carbons (Fsp3) is 0.304. The Labute approximate surface area is 178 Å². The fourth-order valence-electron chi connectivity index (χ4n) is 3.81. The number of carbonyl (C=O) groups excluding carboxylic acids is 1. The minimum Gasteiger partial charge on any atom is -0.508 e. The lowest BCUT2D eigenvalue weighted by atomic mass is 9.94. The van der Waals surface area contributed by atoms with Gasteiger partial charge >= 0.3 is 0 Å². The summed E-state index contributed by atoms with van der Waals surface area (Å²) in [7, 11) is 1.47. The lowest BCUT2D eigenvalue weighted by Crippen LogP contribution is -2.33. The van der Waals surface area contributed by atoms with E-state index in [-0.39, 0.29) is 17.5 Å². The number of halogens is 2. The van der Waals surface area contributed by atoms with Gasteiger partial charge in [0.15, 0.2) is 0 Å². The number of nitrogens with one attached hydrogen (secondary N) is 1. The first kappa shape index (κ1) is 20.8. The standard InChI is InChI=1S/C23H23F2N3O3/c1-3-13-10-14(4-6-20(13)29)15-5-7-21-16(11-15)17(8-9-31-21)26-23(30)19-12-18(22(24)25)27-28(19)2/h4-7,10-12,17,22,29H,3,8-9H2,1-2H3,(H,26,30). The normalized spacial score (nSPS) is 15.5. The fourth-order valence-corrected chi connectivity index (χ4v) is 3.81. The largest absolute Gasteiger partial charge is 0.508 e. The number of aryl methyl sites for hydroxylation is 2. The number of aromatic hydroxyl groups is 1. The second-order valence-corrected chi connectivity index (χ2v) is 7.49. The Morgan fingerprint density at radius 2 is 2.00 bits per heavy atom. The number of nitrogens with zero attached hydrogens (tertiary/aromatic N) is 2. The Hall–Kier alpha value is -3.42. The molecular formula is C23H23F2N3O3. The molecule has 0 saturated carbocycles. The third-order valence-electron chi connectivity index (χ3n) is 5.50. The Morgan fingerprint density at radius 3 is 2.71 bits per heavy atom. The van der Waals surface area contributed by atoms with Gasteiger partial charge in [-0.1, -0.05) is 19.1 Å². The number of aromatic nitrogens is 2. The van der Waals surface area contributed by atoms with Crippen LogP contribution in [0.15, 0.2) is 42.5 Å². The summed E-state index contributed by atoms with van der Waals surface area (Å²) in [5.41, 5.74) is 3.19. The van der Waals surface area contributed by atoms with Gasteiger partial charge in [-0.2, -0.15) is 5.10 Å². The molecule has 1 amide bonds. The van der Waals surface area contributed by atoms with Crippen molar-refractivity contribution in [2.45, 2.75) is 32.2 Å². The highest BCUT2D eigenvalue weighted by Crippen LogP contribution is 2.36. The maximum absolute atomic E-state index is 12.9. The van der Waals surface area contributed by atoms with E-state index in [9.17, 15) is 18.7 Å². The molecule has 1 unspecified atom stereocenters. The molecule has 4 rings (SSSR count). The molecule has 31 heavy (non-hydrogen) atoms. The first-order valence-electron chi connectivity index (χ1n) is 10.1. The predicted molar refractivity (Wildman–Crippen MR) is 111 cm³/mol. The monoisotopic (exact) mass is 427 g/mol. The first-order valence-corrected chi connectivity index (χ1v) is 10.1. The molecule has 1 aromatic heterocycles. The van der Waals surface area contributed by atoms with Gasteiger partial charge in [0.2, 0.25) is 0 Å². The number of phenolic OH excluding ortho intramolecular Hbond substituents is 1. The molecule has 8 heteroatoms. The summed E-state index contributed by atoms with van der Waals surface area (Å²) in [5.74, 6) is 0.466. The molecule has 162 valence electrons. The first-order chi connectivity index (χ1) is 14.9. The van der Waals surface area contributed by atoms with Crippen LogP contribution in [0.5, 0.6) is 11.5 Å². The smallest absolute Gasteiger partial charge is 0.282 e. The maximum Gasteiger partial charge on any atom is 0.282 e. The SMILES string of the molecule is CCc1cc(-c2ccc3c(c2)C(NC(=O)c2cc(C(F)F)nn2C)CCO3)ccc1O. The van der Waals surface area contributed by atoms with Crippen LogP contribution >= 0.6 is 0 Å². The Kier molecular flexibility index (Phi) is 5.63. The van der Waals surface area contributed by atoms with Gasteiger partial charge in [0.05, 0.1) is 12.6 Å². The van der Waals surface area contributed by atoms with E-state index in [2.05, 4.69) is 10.4 Å². The molecule has 3 aromatic rings. The van der Waals surface area contributed by atoms with E-state index < -0.39 is 18.0 Å². The van der Waals surface area contributed by atoms with Crippen LogP contribution in [0.25, 0.3) is 11.1 Å². The van der Waals surface area contributed by atoms with Gasteiger partial charge in [-0.25, -0.2) is 8.78 Å². The van der Waals surface area contributed by atoms with Crippen molar-refractivity contribution in [3.05, 3.63) is 65.0 Å². The van der Waals surface area contributed by atoms with Crippen LogP contribution in [-0.4, -0.2) is 27.4 Å². The van der Waals surface area contributed by atoms with Gasteiger partial charge < -0.3 is 15.2 Å². The molecule has 1 atom stereocenters. The van der Waals surface area contributed by atoms with Gasteiger partial charge in [0.25, 0.3) is 12.3 Å². The molecule has 2 heterocycles. The van der Waals surface area contributed by atoms with E-state index in [4.69, 9.17) is 4.74 Å². The van der Waals surface area contributed by atoms with E-state index in [1.54, 1.807) is 6.07 Å². The predicted octanol–water partition coefficient (Wildman–Crippen LogP) is 4.55. The summed E-state index contributed by atoms with van der Waals surface area (Å²) in [4.78, 5) is 12.8. The minimum atomic E-state index is -2.74. The lowest BCUT2D eigenvalue weighted by Gasteiger charge is -2.27. The highest BCUT2D eigenvalue weighted by Gasteiger charge is 2.26. The summed E-state index contributed by atoms with van der Waals surface area (Å²) in [5, 5.41) is 16.6. The number of benzene rings is 2. The van der Waals surface area contributed by atoms with Crippen molar-refractivity contribution >= 4 is 5.91 Å². The average Bonchev–Trinajstić information content (AvgIpc) is 3.16. The number of hydrogen-bond acceptors (Lipinski definition) is 4. The van der Waals surface area contributed by atoms with Crippen LogP contribution in [0.2, 0.25) is 0 Å². The maximum atomic E-state index is 12.9. The zero-order valence-corrected chi connectivity index (χ0v) is 17.2. The zero-order valence-electron chi connectivity index (χ0n) is 17.2. The van der Waals surface area contributed by atoms with Gasteiger partial charge in [-0.15, -0.1) is 0 Å². The zero-order chi connectivity index (χ0) is 22.1. The van der Waals surface area contributed by atoms with E-state index in [0.29, 0.717) is 25.2 Å². The van der Waals surface area contributed by atoms with E-state index in [0.717, 1.165) is 33.0 Å². The highest BCUT2D eigenvalue weighted by molar-refractivity contribution is 5.93. The number of carbonyl (C=O) groups is 1. The van der Waals surface area contributed by atoms with Crippen molar-refractivity contribution in [1.29, 1.82) is 0 Å². The average molecular weight is 427 g/mol. The van der Waals surface area contributed by atoms with E-state index >= 15 is 0 Å². The third kappa shape index (κ3) is 4.10. The van der Waals surface area contributed by atoms with Gasteiger partial charge in [-0.05, 0) is 53.4 Å². The van der Waals surface area contributed by atoms with Crippen LogP contribution in [0.3, 0.4) is 0 Å². The summed E-state index contributed by atoms with van der Waals surface area (Å²) in [6.07, 6.45) is -1.48. The molecule has 0 saturated heterocycles. The summed E-state index contributed by atoms with van der Waals surface area (Å²) >= 11 is 0. The molecule has 2 N–H and O–H groups in total. The Morgan fingerprint density at radius 1 is 1.26 bits per heavy atom. The summed E-state index contributed by atoms with van der Waals surface area (Å²) < 4.78 is 32.8. The molecule has 2 aromatic carbocycles. The highest BCUT2D eigenvalue weighted by atomic mass is 19.3. The number of phenols is 1. The van der Waals surface area contributed by atoms with Gasteiger partial charge in [0, 0.05) is 19.0 Å². The molecule has 0 aliphatic carbocycles. The second-order valence-electron chi connectivity index (χ2n) is 7.49. The van der Waals surface area contributed by atoms with Gasteiger partial charge in [-0.3, -0.25) is 9.48 Å². The quantitative estimate of drug-likeness (QED) is 0.627. The number of amides is 1. The number of hydrogen-bond donors (Lipinski definition) is 2. The van der Waals surface area contributed by atoms with Crippen LogP contribution in [0.1, 0.15) is 53.1 Å². The van der Waals surface area contributed by atoms with Crippen molar-refractivity contribution in [3.8, 4) is 22.6 Å². The number of rotatable bonds is 5. The number of alkyl halides is 2. The van der Waals surface area contributed by atoms with Crippen molar-refractivity contribution in [2.75, 3.05) is 6.61 Å². The number of fused-ring (bicyclic) bond motifs is 1. The van der Waals surface area contributed by atoms with Crippen LogP contribution in [0, 0.1) is 0 Å². The van der Waals surface area contributed by atoms with Crippen molar-refractivity contribution < 1.29 is 23.4 Å². The van der Waals surface area contributed by atoms with E-state index in [1.165, 1.54) is 7.05 Å².